The fourth-order valence-corrected chi connectivity index (χ4v) is 3.07. The predicted molar refractivity (Wildman–Crippen MR) is 104 cm³/mol. The number of primary sulfonamides is 1. The Balaban J connectivity index is 2.00. The quantitative estimate of drug-likeness (QED) is 0.757. The van der Waals surface area contributed by atoms with Crippen LogP contribution in [0.2, 0.25) is 10.0 Å². The summed E-state index contributed by atoms with van der Waals surface area (Å²) in [7, 11) is -1.94. The third-order valence-corrected chi connectivity index (χ3v) is 5.58. The van der Waals surface area contributed by atoms with E-state index in [1.54, 1.807) is 19.1 Å². The van der Waals surface area contributed by atoms with E-state index >= 15 is 0 Å². The molecular formula is C17H19Cl2N3O3S. The lowest BCUT2D eigenvalue weighted by Gasteiger charge is -2.24. The first kappa shape index (κ1) is 20.7. The monoisotopic (exact) mass is 415 g/mol. The molecule has 2 aromatic rings. The summed E-state index contributed by atoms with van der Waals surface area (Å²) in [4.78, 5) is 14.2. The van der Waals surface area contributed by atoms with E-state index in [2.05, 4.69) is 5.32 Å². The van der Waals surface area contributed by atoms with Crippen molar-refractivity contribution in [1.29, 1.82) is 0 Å². The molecular weight excluding hydrogens is 397 g/mol. The lowest BCUT2D eigenvalue weighted by atomic mass is 10.2. The molecule has 0 spiro atoms. The van der Waals surface area contributed by atoms with Crippen LogP contribution in [0.5, 0.6) is 0 Å². The highest BCUT2D eigenvalue weighted by Crippen LogP contribution is 2.23. The van der Waals surface area contributed by atoms with Gasteiger partial charge in [0.05, 0.1) is 21.0 Å². The molecule has 0 aliphatic rings. The molecule has 0 aliphatic heterocycles. The summed E-state index contributed by atoms with van der Waals surface area (Å²) in [5.41, 5.74) is 1.41. The second-order valence-corrected chi connectivity index (χ2v) is 8.27. The van der Waals surface area contributed by atoms with Crippen LogP contribution in [0.25, 0.3) is 0 Å². The third kappa shape index (κ3) is 5.43. The van der Waals surface area contributed by atoms with Gasteiger partial charge in [-0.2, -0.15) is 0 Å². The van der Waals surface area contributed by atoms with E-state index in [9.17, 15) is 13.2 Å². The van der Waals surface area contributed by atoms with Crippen LogP contribution in [-0.4, -0.2) is 32.3 Å². The van der Waals surface area contributed by atoms with Crippen molar-refractivity contribution in [3.05, 3.63) is 58.1 Å². The summed E-state index contributed by atoms with van der Waals surface area (Å²) >= 11 is 11.9. The number of nitrogens with one attached hydrogen (secondary N) is 1. The van der Waals surface area contributed by atoms with Gasteiger partial charge >= 0.3 is 0 Å². The van der Waals surface area contributed by atoms with Crippen LogP contribution in [0.4, 0.5) is 5.69 Å². The van der Waals surface area contributed by atoms with E-state index in [-0.39, 0.29) is 10.8 Å². The lowest BCUT2D eigenvalue weighted by molar-refractivity contribution is -0.120. The molecule has 0 bridgehead atoms. The van der Waals surface area contributed by atoms with Gasteiger partial charge in [-0.15, -0.1) is 0 Å². The SMILES string of the molecule is CC(C(=O)Nc1ccc(S(N)(=O)=O)cc1)N(C)Cc1ccc(Cl)c(Cl)c1. The Labute approximate surface area is 162 Å². The van der Waals surface area contributed by atoms with Crippen molar-refractivity contribution in [3.8, 4) is 0 Å². The molecule has 26 heavy (non-hydrogen) atoms. The molecule has 0 fully saturated rings. The number of hydrogen-bond acceptors (Lipinski definition) is 4. The number of carbonyl (C=O) groups excluding carboxylic acids is 1. The van der Waals surface area contributed by atoms with Crippen LogP contribution in [0.15, 0.2) is 47.4 Å². The minimum atomic E-state index is -3.76. The number of likely N-dealkylation sites (N-methyl/N-ethyl adjacent to an activating group) is 1. The molecule has 6 nitrogen and oxygen atoms in total. The second kappa shape index (κ2) is 8.37. The topological polar surface area (TPSA) is 92.5 Å². The van der Waals surface area contributed by atoms with Crippen molar-refractivity contribution < 1.29 is 13.2 Å². The second-order valence-electron chi connectivity index (χ2n) is 5.90. The highest BCUT2D eigenvalue weighted by molar-refractivity contribution is 7.89. The highest BCUT2D eigenvalue weighted by atomic mass is 35.5. The van der Waals surface area contributed by atoms with Gasteiger partial charge in [-0.3, -0.25) is 9.69 Å². The maximum atomic E-state index is 12.4. The molecule has 0 heterocycles. The Hall–Kier alpha value is -1.64. The van der Waals surface area contributed by atoms with E-state index in [0.717, 1.165) is 5.56 Å². The first-order valence-corrected chi connectivity index (χ1v) is 9.96. The molecule has 2 aromatic carbocycles. The molecule has 0 aliphatic carbocycles. The minimum Gasteiger partial charge on any atom is -0.325 e. The Morgan fingerprint density at radius 3 is 2.31 bits per heavy atom. The van der Waals surface area contributed by atoms with E-state index in [0.29, 0.717) is 22.3 Å². The average molecular weight is 416 g/mol. The van der Waals surface area contributed by atoms with Crippen LogP contribution in [0, 0.1) is 0 Å². The molecule has 0 radical (unpaired) electrons. The van der Waals surface area contributed by atoms with Gasteiger partial charge < -0.3 is 5.32 Å². The Morgan fingerprint density at radius 1 is 1.15 bits per heavy atom. The maximum absolute atomic E-state index is 12.4. The Kier molecular flexibility index (Phi) is 6.65. The van der Waals surface area contributed by atoms with Gasteiger partial charge in [0.2, 0.25) is 15.9 Å². The number of halogens is 2. The number of benzene rings is 2. The van der Waals surface area contributed by atoms with E-state index in [1.165, 1.54) is 24.3 Å². The Morgan fingerprint density at radius 2 is 1.77 bits per heavy atom. The molecule has 140 valence electrons. The van der Waals surface area contributed by atoms with Crippen molar-refractivity contribution in [2.45, 2.75) is 24.4 Å². The largest absolute Gasteiger partial charge is 0.325 e. The van der Waals surface area contributed by atoms with Crippen LogP contribution in [0.3, 0.4) is 0 Å². The molecule has 3 N–H and O–H groups in total. The number of anilines is 1. The maximum Gasteiger partial charge on any atom is 0.241 e. The van der Waals surface area contributed by atoms with E-state index in [1.807, 2.05) is 18.0 Å². The van der Waals surface area contributed by atoms with Crippen LogP contribution in [-0.2, 0) is 21.4 Å². The number of nitrogens with zero attached hydrogens (tertiary/aromatic N) is 1. The summed E-state index contributed by atoms with van der Waals surface area (Å²) in [5.74, 6) is -0.226. The Bertz CT molecular complexity index is 902. The van der Waals surface area contributed by atoms with Gasteiger partial charge in [-0.25, -0.2) is 13.6 Å². The van der Waals surface area contributed by atoms with Gasteiger partial charge in [0.25, 0.3) is 0 Å². The summed E-state index contributed by atoms with van der Waals surface area (Å²) < 4.78 is 22.5. The average Bonchev–Trinajstić information content (AvgIpc) is 2.57. The fourth-order valence-electron chi connectivity index (χ4n) is 2.24. The fraction of sp³-hybridized carbons (Fsp3) is 0.235. The standard InChI is InChI=1S/C17H19Cl2N3O3S/c1-11(22(2)10-12-3-8-15(18)16(19)9-12)17(23)21-13-4-6-14(7-5-13)26(20,24)25/h3-9,11H,10H2,1-2H3,(H,21,23)(H2,20,24,25). The van der Waals surface area contributed by atoms with Crippen molar-refractivity contribution in [2.24, 2.45) is 5.14 Å². The molecule has 0 saturated heterocycles. The summed E-state index contributed by atoms with van der Waals surface area (Å²) in [6.45, 7) is 2.28. The number of nitrogens with two attached hydrogens (primary N) is 1. The predicted octanol–water partition coefficient (Wildman–Crippen LogP) is 3.10. The van der Waals surface area contributed by atoms with Crippen LogP contribution < -0.4 is 10.5 Å². The highest BCUT2D eigenvalue weighted by Gasteiger charge is 2.19. The van der Waals surface area contributed by atoms with Crippen molar-refractivity contribution in [3.63, 3.8) is 0 Å². The number of hydrogen-bond donors (Lipinski definition) is 2. The van der Waals surface area contributed by atoms with E-state index < -0.39 is 16.1 Å². The minimum absolute atomic E-state index is 0.0136. The summed E-state index contributed by atoms with van der Waals surface area (Å²) in [6, 6.07) is 10.6. The zero-order valence-corrected chi connectivity index (χ0v) is 16.6. The van der Waals surface area contributed by atoms with Crippen molar-refractivity contribution >= 4 is 44.8 Å². The van der Waals surface area contributed by atoms with Crippen LogP contribution >= 0.6 is 23.2 Å². The zero-order valence-electron chi connectivity index (χ0n) is 14.2. The first-order valence-electron chi connectivity index (χ1n) is 7.66. The number of rotatable bonds is 6. The molecule has 0 aromatic heterocycles. The zero-order chi connectivity index (χ0) is 19.5. The first-order chi connectivity index (χ1) is 12.1. The van der Waals surface area contributed by atoms with Crippen LogP contribution in [0.1, 0.15) is 12.5 Å². The molecule has 0 saturated carbocycles. The van der Waals surface area contributed by atoms with Crippen molar-refractivity contribution in [2.75, 3.05) is 12.4 Å². The molecule has 9 heteroatoms. The molecule has 2 rings (SSSR count). The molecule has 1 unspecified atom stereocenters. The van der Waals surface area contributed by atoms with Crippen molar-refractivity contribution in [1.82, 2.24) is 4.90 Å². The summed E-state index contributed by atoms with van der Waals surface area (Å²) in [6.07, 6.45) is 0. The normalized spacial score (nSPS) is 12.8. The van der Waals surface area contributed by atoms with Gasteiger partial charge in [0.15, 0.2) is 0 Å². The third-order valence-electron chi connectivity index (χ3n) is 3.91. The van der Waals surface area contributed by atoms with Gasteiger partial charge in [0.1, 0.15) is 0 Å². The van der Waals surface area contributed by atoms with Gasteiger partial charge in [0, 0.05) is 12.2 Å². The van der Waals surface area contributed by atoms with Gasteiger partial charge in [-0.05, 0) is 55.9 Å². The lowest BCUT2D eigenvalue weighted by Crippen LogP contribution is -2.39. The number of amides is 1. The molecule has 1 amide bonds. The number of carbonyl (C=O) groups is 1. The summed E-state index contributed by atoms with van der Waals surface area (Å²) in [5, 5.41) is 8.74. The van der Waals surface area contributed by atoms with Gasteiger partial charge in [-0.1, -0.05) is 29.3 Å². The number of sulfonamides is 1. The smallest absolute Gasteiger partial charge is 0.241 e. The van der Waals surface area contributed by atoms with E-state index in [4.69, 9.17) is 28.3 Å². The molecule has 1 atom stereocenters.